The van der Waals surface area contributed by atoms with Crippen molar-refractivity contribution in [1.29, 1.82) is 5.41 Å². The van der Waals surface area contributed by atoms with Gasteiger partial charge in [0.15, 0.2) is 5.96 Å². The Morgan fingerprint density at radius 1 is 0.463 bits per heavy atom. The zero-order chi connectivity index (χ0) is 90.6. The van der Waals surface area contributed by atoms with E-state index in [0.29, 0.717) is 39.6 Å². The summed E-state index contributed by atoms with van der Waals surface area (Å²) in [6.45, 7) is 5.17. The van der Waals surface area contributed by atoms with E-state index in [0.717, 1.165) is 0 Å². The van der Waals surface area contributed by atoms with Crippen molar-refractivity contribution in [2.24, 2.45) is 23.3 Å². The minimum absolute atomic E-state index is 0.00330. The normalized spacial score (nSPS) is 15.2. The highest BCUT2D eigenvalue weighted by atomic mass is 16.4. The smallest absolute Gasteiger partial charge is 0.322 e. The molecule has 13 atom stereocenters. The molecule has 25 N–H and O–H groups in total. The van der Waals surface area contributed by atoms with E-state index in [-0.39, 0.29) is 76.3 Å². The number of aromatic amines is 1. The van der Waals surface area contributed by atoms with E-state index in [2.05, 4.69) is 84.7 Å². The maximum atomic E-state index is 15.0. The lowest BCUT2D eigenvalue weighted by molar-refractivity contribution is -0.142. The maximum Gasteiger partial charge on any atom is 0.322 e. The Kier molecular flexibility index (Phi) is 39.5. The van der Waals surface area contributed by atoms with E-state index in [1.807, 2.05) is 0 Å². The van der Waals surface area contributed by atoms with Gasteiger partial charge in [0, 0.05) is 55.9 Å². The topological polar surface area (TPSA) is 646 Å². The number of carbonyl (C=O) groups excluding carboxylic acids is 15. The average Bonchev–Trinajstić information content (AvgIpc) is 1.74. The van der Waals surface area contributed by atoms with Gasteiger partial charge in [0.05, 0.1) is 38.8 Å². The highest BCUT2D eigenvalue weighted by Gasteiger charge is 2.42. The fraction of sp³-hybridized carbons (Fsp3) is 0.463. The monoisotopic (exact) mass is 1710 g/mol. The highest BCUT2D eigenvalue weighted by molar-refractivity contribution is 6.01. The van der Waals surface area contributed by atoms with Crippen LogP contribution in [-0.4, -0.2) is 261 Å². The Bertz CT molecular complexity index is 4520. The van der Waals surface area contributed by atoms with Gasteiger partial charge in [0.1, 0.15) is 79.0 Å². The predicted molar refractivity (Wildman–Crippen MR) is 444 cm³/mol. The number of fused-ring (bicyclic) bond motifs is 1. The van der Waals surface area contributed by atoms with Gasteiger partial charge in [-0.1, -0.05) is 137 Å². The summed E-state index contributed by atoms with van der Waals surface area (Å²) < 4.78 is 0. The van der Waals surface area contributed by atoms with Crippen molar-refractivity contribution in [2.75, 3.05) is 45.9 Å². The van der Waals surface area contributed by atoms with Gasteiger partial charge in [0.25, 0.3) is 0 Å². The highest BCUT2D eigenvalue weighted by Crippen LogP contribution is 2.23. The Morgan fingerprint density at radius 3 is 1.46 bits per heavy atom. The molecule has 123 heavy (non-hydrogen) atoms. The summed E-state index contributed by atoms with van der Waals surface area (Å²) in [5.74, 6) is -18.3. The molecule has 0 unspecified atom stereocenters. The molecule has 41 nitrogen and oxygen atoms in total. The minimum Gasteiger partial charge on any atom is -0.481 e. The maximum absolute atomic E-state index is 15.0. The van der Waals surface area contributed by atoms with Crippen LogP contribution in [0.4, 0.5) is 0 Å². The van der Waals surface area contributed by atoms with Crippen molar-refractivity contribution in [1.82, 2.24) is 89.6 Å². The Hall–Kier alpha value is -13.4. The van der Waals surface area contributed by atoms with Crippen LogP contribution in [0.5, 0.6) is 0 Å². The molecule has 666 valence electrons. The number of amides is 15. The predicted octanol–water partition coefficient (Wildman–Crippen LogP) is -5.01. The largest absolute Gasteiger partial charge is 0.481 e. The Labute approximate surface area is 708 Å². The number of para-hydroxylation sites is 1. The molecule has 2 heterocycles. The van der Waals surface area contributed by atoms with Crippen molar-refractivity contribution < 1.29 is 102 Å². The molecule has 0 spiro atoms. The molecule has 1 fully saturated rings. The molecule has 1 saturated heterocycles. The Balaban J connectivity index is 1.12. The lowest BCUT2D eigenvalue weighted by Gasteiger charge is -2.31. The second-order valence-electron chi connectivity index (χ2n) is 30.3. The van der Waals surface area contributed by atoms with E-state index in [4.69, 9.17) is 22.0 Å². The van der Waals surface area contributed by atoms with Crippen LogP contribution in [0.1, 0.15) is 102 Å². The third-order valence-corrected chi connectivity index (χ3v) is 19.7. The van der Waals surface area contributed by atoms with E-state index < -0.39 is 224 Å². The van der Waals surface area contributed by atoms with Crippen LogP contribution < -0.4 is 91.2 Å². The van der Waals surface area contributed by atoms with Crippen LogP contribution >= 0.6 is 0 Å². The van der Waals surface area contributed by atoms with Gasteiger partial charge in [-0.2, -0.15) is 0 Å². The van der Waals surface area contributed by atoms with Crippen LogP contribution in [0, 0.1) is 17.2 Å². The molecule has 41 heteroatoms. The first-order valence-electron chi connectivity index (χ1n) is 40.1. The molecule has 1 aromatic heterocycles. The molecular weight excluding hydrogens is 1600 g/mol. The van der Waals surface area contributed by atoms with E-state index in [1.54, 1.807) is 149 Å². The molecule has 15 amide bonds. The molecule has 0 saturated carbocycles. The quantitative estimate of drug-likeness (QED) is 0.00985. The Morgan fingerprint density at radius 2 is 0.919 bits per heavy atom. The summed E-state index contributed by atoms with van der Waals surface area (Å²) in [6.07, 6.45) is 0.582. The minimum atomic E-state index is -1.83. The number of H-pyrrole nitrogens is 1. The van der Waals surface area contributed by atoms with Gasteiger partial charge in [-0.25, -0.2) is 0 Å². The molecule has 4 aromatic carbocycles. The number of guanidine groups is 1. The number of benzene rings is 4. The number of carboxylic acid groups (broad SMARTS) is 2. The van der Waals surface area contributed by atoms with Gasteiger partial charge in [0.2, 0.25) is 88.6 Å². The number of likely N-dealkylation sites (tertiary alicyclic amines) is 1. The summed E-state index contributed by atoms with van der Waals surface area (Å²) in [5.41, 5.74) is 14.0. The molecule has 5 aromatic rings. The first kappa shape index (κ1) is 98.4. The fourth-order valence-corrected chi connectivity index (χ4v) is 13.1. The summed E-state index contributed by atoms with van der Waals surface area (Å²) in [6, 6.07) is 12.6. The van der Waals surface area contributed by atoms with E-state index >= 15 is 4.79 Å². The molecule has 1 aliphatic rings. The molecule has 0 bridgehead atoms. The van der Waals surface area contributed by atoms with Crippen molar-refractivity contribution >= 4 is 117 Å². The number of carbonyl (C=O) groups is 17. The van der Waals surface area contributed by atoms with Crippen LogP contribution in [0.3, 0.4) is 0 Å². The first-order chi connectivity index (χ1) is 58.4. The number of hydrogen-bond donors (Lipinski definition) is 23. The summed E-state index contributed by atoms with van der Waals surface area (Å²) in [7, 11) is 0. The second-order valence-corrected chi connectivity index (χ2v) is 30.3. The van der Waals surface area contributed by atoms with Crippen LogP contribution in [0.2, 0.25) is 0 Å². The second kappa shape index (κ2) is 49.3. The van der Waals surface area contributed by atoms with Gasteiger partial charge in [-0.3, -0.25) is 86.9 Å². The van der Waals surface area contributed by atoms with Crippen molar-refractivity contribution in [3.05, 3.63) is 144 Å². The van der Waals surface area contributed by atoms with Crippen LogP contribution in [0.15, 0.2) is 121 Å². The molecule has 1 aliphatic heterocycles. The van der Waals surface area contributed by atoms with Crippen molar-refractivity contribution in [3.63, 3.8) is 0 Å². The number of aliphatic carboxylic acids is 2. The molecule has 6 rings (SSSR count). The van der Waals surface area contributed by atoms with Crippen LogP contribution in [0.25, 0.3) is 10.9 Å². The zero-order valence-corrected chi connectivity index (χ0v) is 69.1. The zero-order valence-electron chi connectivity index (χ0n) is 69.1. The number of aromatic nitrogens is 1. The van der Waals surface area contributed by atoms with Crippen molar-refractivity contribution in [2.45, 2.75) is 184 Å². The number of nitrogens with one attached hydrogen (secondary N) is 17. The number of carboxylic acids is 2. The van der Waals surface area contributed by atoms with E-state index in [1.165, 1.54) is 18.7 Å². The van der Waals surface area contributed by atoms with Gasteiger partial charge >= 0.3 is 11.9 Å². The number of aliphatic hydroxyl groups is 2. The lowest BCUT2D eigenvalue weighted by atomic mass is 9.99. The fourth-order valence-electron chi connectivity index (χ4n) is 13.1. The number of rotatable bonds is 49. The van der Waals surface area contributed by atoms with E-state index in [9.17, 15) is 92.0 Å². The van der Waals surface area contributed by atoms with Gasteiger partial charge < -0.3 is 122 Å². The standard InChI is InChI=1S/C82H112N20O21/c1-44(2)32-55(95-74(116)56(33-48-20-10-7-11-21-48)96-75(117)59(37-66(107)108)93-65(106)40-89-71(113)53(83)27-18-30-86-82(84)85)73(115)100-62(43-104)78(120)97-57(34-49-22-12-8-13-23-49)76(118)101-68(45(3)4)80(122)98-60(35-50-24-14-9-15-25-50)81(123)102-31-19-29-63(102)79(121)92-47(6)70(112)99-61(42-103)77(119)91-46(5)69(111)94-58(72(114)90-39-64(105)88-41-67(109)110)36-51-38-87-54-28-17-16-26-52(51)54/h7-17,20-26,28,38,44-47,53,55-63,68,87,103-104H,18-19,27,29-37,39-43,83H2,1-6H3,(H,88,105)(H,89,113)(H,90,114)(H,91,119)(H,92,121)(H,93,106)(H,94,111)(H,95,116)(H,96,117)(H,97,120)(H,98,122)(H,99,112)(H,100,115)(H,101,118)(H,107,108)(H,109,110)(H4,84,85,86)/t46-,47-,53-,55-,56-,57-,58-,59-,60-,61-,62-,63-,68-/m0/s1. The third-order valence-electron chi connectivity index (χ3n) is 19.7. The number of hydrogen-bond acceptors (Lipinski definition) is 21. The third kappa shape index (κ3) is 32.6. The molecule has 0 radical (unpaired) electrons. The summed E-state index contributed by atoms with van der Waals surface area (Å²) in [4.78, 5) is 236. The lowest BCUT2D eigenvalue weighted by Crippen LogP contribution is -2.62. The first-order valence-corrected chi connectivity index (χ1v) is 40.1. The number of nitrogens with two attached hydrogens (primary N) is 2. The van der Waals surface area contributed by atoms with Crippen molar-refractivity contribution in [3.8, 4) is 0 Å². The van der Waals surface area contributed by atoms with Gasteiger partial charge in [-0.05, 0) is 86.1 Å². The van der Waals surface area contributed by atoms with Crippen LogP contribution in [-0.2, 0) is 107 Å². The number of nitrogens with zero attached hydrogens (tertiary/aromatic N) is 1. The SMILES string of the molecule is CC(C)C[C@H](NC(=O)[C@H](Cc1ccccc1)NC(=O)[C@H](CC(=O)O)NC(=O)CNC(=O)[C@@H](N)CCCNC(=N)N)C(=O)N[C@@H](CO)C(=O)N[C@@H](Cc1ccccc1)C(=O)N[C@H](C(=O)N[C@@H](Cc1ccccc1)C(=O)N1CCC[C@H]1C(=O)N[C@@H](C)C(=O)N[C@@H](CO)C(=O)N[C@@H](C)C(=O)N[C@@H](Cc1c[nH]c2ccccc12)C(=O)NCC(=O)NCC(=O)O)C(C)C. The summed E-state index contributed by atoms with van der Waals surface area (Å²) in [5, 5.41) is 84.9. The van der Waals surface area contributed by atoms with Gasteiger partial charge in [-0.15, -0.1) is 0 Å². The number of aliphatic hydroxyl groups excluding tert-OH is 2. The summed E-state index contributed by atoms with van der Waals surface area (Å²) >= 11 is 0. The molecule has 0 aliphatic carbocycles. The molecular formula is C82H112N20O21. The average molecular weight is 1710 g/mol.